The van der Waals surface area contributed by atoms with Crippen molar-refractivity contribution in [2.45, 2.75) is 38.2 Å². The van der Waals surface area contributed by atoms with Crippen LogP contribution in [0.1, 0.15) is 41.3 Å². The Morgan fingerprint density at radius 2 is 1.77 bits per heavy atom. The molecule has 1 amide bonds. The van der Waals surface area contributed by atoms with E-state index in [4.69, 9.17) is 0 Å². The second-order valence-electron chi connectivity index (χ2n) is 5.25. The molecule has 2 rings (SSSR count). The Labute approximate surface area is 122 Å². The summed E-state index contributed by atoms with van der Waals surface area (Å²) in [5.41, 5.74) is -3.56. The summed E-state index contributed by atoms with van der Waals surface area (Å²) in [4.78, 5) is 13.4. The fourth-order valence-corrected chi connectivity index (χ4v) is 2.53. The largest absolute Gasteiger partial charge is 0.417 e. The van der Waals surface area contributed by atoms with Gasteiger partial charge in [0.25, 0.3) is 5.91 Å². The molecule has 122 valence electrons. The third-order valence-electron chi connectivity index (χ3n) is 3.70. The highest BCUT2D eigenvalue weighted by molar-refractivity contribution is 5.96. The van der Waals surface area contributed by atoms with Crippen LogP contribution in [0, 0.1) is 0 Å². The third-order valence-corrected chi connectivity index (χ3v) is 3.70. The van der Waals surface area contributed by atoms with Crippen molar-refractivity contribution in [3.8, 4) is 0 Å². The summed E-state index contributed by atoms with van der Waals surface area (Å²) >= 11 is 0. The molecule has 0 radical (unpaired) electrons. The molecule has 0 aliphatic carbocycles. The zero-order chi connectivity index (χ0) is 16.7. The molecule has 0 N–H and O–H groups in total. The molecular weight excluding hydrogens is 312 g/mol. The molecule has 8 heteroatoms. The molecule has 1 heterocycles. The number of benzene rings is 1. The van der Waals surface area contributed by atoms with Crippen molar-refractivity contribution in [3.63, 3.8) is 0 Å². The topological polar surface area (TPSA) is 20.3 Å². The highest BCUT2D eigenvalue weighted by atomic mass is 19.4. The van der Waals surface area contributed by atoms with Crippen LogP contribution in [0.5, 0.6) is 0 Å². The van der Waals surface area contributed by atoms with Crippen LogP contribution in [-0.2, 0) is 12.4 Å². The fourth-order valence-electron chi connectivity index (χ4n) is 2.53. The van der Waals surface area contributed by atoms with E-state index in [-0.39, 0.29) is 18.7 Å². The zero-order valence-electron chi connectivity index (χ0n) is 11.6. The van der Waals surface area contributed by atoms with Gasteiger partial charge in [-0.1, -0.05) is 0 Å². The first-order chi connectivity index (χ1) is 10.0. The van der Waals surface area contributed by atoms with Gasteiger partial charge in [-0.15, -0.1) is 0 Å². The summed E-state index contributed by atoms with van der Waals surface area (Å²) in [5, 5.41) is 0. The lowest BCUT2D eigenvalue weighted by Gasteiger charge is -2.24. The van der Waals surface area contributed by atoms with Gasteiger partial charge in [0.15, 0.2) is 0 Å². The standard InChI is InChI=1S/C14H13F6NO/c1-8-3-2-6-21(8)12(22)10-7-9(13(15,16)17)4-5-11(10)14(18,19)20/h4-5,7-8H,2-3,6H2,1H3. The van der Waals surface area contributed by atoms with E-state index >= 15 is 0 Å². The van der Waals surface area contributed by atoms with Crippen molar-refractivity contribution in [3.05, 3.63) is 34.9 Å². The van der Waals surface area contributed by atoms with Gasteiger partial charge in [-0.05, 0) is 38.0 Å². The Kier molecular flexibility index (Phi) is 4.14. The van der Waals surface area contributed by atoms with Crippen LogP contribution in [-0.4, -0.2) is 23.4 Å². The van der Waals surface area contributed by atoms with E-state index in [0.29, 0.717) is 25.0 Å². The first kappa shape index (κ1) is 16.6. The number of rotatable bonds is 1. The Hall–Kier alpha value is -1.73. The smallest absolute Gasteiger partial charge is 0.336 e. The third kappa shape index (κ3) is 3.20. The second kappa shape index (κ2) is 5.48. The summed E-state index contributed by atoms with van der Waals surface area (Å²) in [6.45, 7) is 1.90. The number of hydrogen-bond donors (Lipinski definition) is 0. The highest BCUT2D eigenvalue weighted by Crippen LogP contribution is 2.37. The first-order valence-electron chi connectivity index (χ1n) is 6.61. The quantitative estimate of drug-likeness (QED) is 0.703. The van der Waals surface area contributed by atoms with Crippen LogP contribution in [0.2, 0.25) is 0 Å². The van der Waals surface area contributed by atoms with E-state index in [0.717, 1.165) is 0 Å². The highest BCUT2D eigenvalue weighted by Gasteiger charge is 2.40. The molecule has 0 saturated carbocycles. The molecule has 0 spiro atoms. The number of carbonyl (C=O) groups excluding carboxylic acids is 1. The monoisotopic (exact) mass is 325 g/mol. The van der Waals surface area contributed by atoms with Gasteiger partial charge in [0.2, 0.25) is 0 Å². The van der Waals surface area contributed by atoms with E-state index in [2.05, 4.69) is 0 Å². The van der Waals surface area contributed by atoms with Gasteiger partial charge < -0.3 is 4.90 Å². The molecule has 1 unspecified atom stereocenters. The van der Waals surface area contributed by atoms with Crippen molar-refractivity contribution < 1.29 is 31.1 Å². The van der Waals surface area contributed by atoms with Gasteiger partial charge in [-0.3, -0.25) is 4.79 Å². The number of hydrogen-bond acceptors (Lipinski definition) is 1. The van der Waals surface area contributed by atoms with E-state index in [1.807, 2.05) is 0 Å². The van der Waals surface area contributed by atoms with Crippen LogP contribution in [0.25, 0.3) is 0 Å². The maximum Gasteiger partial charge on any atom is 0.417 e. The number of amides is 1. The van der Waals surface area contributed by atoms with Gasteiger partial charge in [0, 0.05) is 12.6 Å². The van der Waals surface area contributed by atoms with E-state index in [9.17, 15) is 31.1 Å². The minimum absolute atomic E-state index is 0.244. The van der Waals surface area contributed by atoms with Crippen molar-refractivity contribution in [2.24, 2.45) is 0 Å². The molecule has 1 saturated heterocycles. The van der Waals surface area contributed by atoms with E-state index < -0.39 is 35.0 Å². The lowest BCUT2D eigenvalue weighted by Crippen LogP contribution is -2.35. The summed E-state index contributed by atoms with van der Waals surface area (Å²) in [7, 11) is 0. The van der Waals surface area contributed by atoms with Crippen molar-refractivity contribution in [2.75, 3.05) is 6.54 Å². The van der Waals surface area contributed by atoms with Crippen LogP contribution in [0.15, 0.2) is 18.2 Å². The lowest BCUT2D eigenvalue weighted by molar-refractivity contribution is -0.141. The minimum atomic E-state index is -4.89. The number of carbonyl (C=O) groups is 1. The molecular formula is C14H13F6NO. The van der Waals surface area contributed by atoms with Crippen molar-refractivity contribution in [1.82, 2.24) is 4.90 Å². The molecule has 1 atom stereocenters. The average molecular weight is 325 g/mol. The van der Waals surface area contributed by atoms with Crippen LogP contribution in [0.4, 0.5) is 26.3 Å². The molecule has 0 bridgehead atoms. The molecule has 1 aromatic rings. The van der Waals surface area contributed by atoms with E-state index in [1.54, 1.807) is 6.92 Å². The van der Waals surface area contributed by atoms with Crippen LogP contribution in [0.3, 0.4) is 0 Å². The van der Waals surface area contributed by atoms with Gasteiger partial charge in [-0.25, -0.2) is 0 Å². The van der Waals surface area contributed by atoms with Gasteiger partial charge in [0.05, 0.1) is 16.7 Å². The number of alkyl halides is 6. The Morgan fingerprint density at radius 1 is 1.14 bits per heavy atom. The lowest BCUT2D eigenvalue weighted by atomic mass is 10.0. The van der Waals surface area contributed by atoms with Gasteiger partial charge >= 0.3 is 12.4 Å². The second-order valence-corrected chi connectivity index (χ2v) is 5.25. The van der Waals surface area contributed by atoms with E-state index in [1.165, 1.54) is 4.90 Å². The summed E-state index contributed by atoms with van der Waals surface area (Å²) in [5.74, 6) is -1.01. The SMILES string of the molecule is CC1CCCN1C(=O)c1cc(C(F)(F)F)ccc1C(F)(F)F. The maximum absolute atomic E-state index is 13.0. The molecule has 1 aromatic carbocycles. The number of nitrogens with zero attached hydrogens (tertiary/aromatic N) is 1. The minimum Gasteiger partial charge on any atom is -0.336 e. The first-order valence-corrected chi connectivity index (χ1v) is 6.61. The number of likely N-dealkylation sites (tertiary alicyclic amines) is 1. The summed E-state index contributed by atoms with van der Waals surface area (Å²) in [6, 6.07) is 0.656. The summed E-state index contributed by atoms with van der Waals surface area (Å²) < 4.78 is 77.0. The molecule has 1 aliphatic heterocycles. The molecule has 1 aliphatic rings. The normalized spacial score (nSPS) is 19.6. The van der Waals surface area contributed by atoms with Crippen molar-refractivity contribution >= 4 is 5.91 Å². The van der Waals surface area contributed by atoms with Gasteiger partial charge in [-0.2, -0.15) is 26.3 Å². The molecule has 22 heavy (non-hydrogen) atoms. The predicted molar refractivity (Wildman–Crippen MR) is 66.2 cm³/mol. The predicted octanol–water partition coefficient (Wildman–Crippen LogP) is 4.35. The maximum atomic E-state index is 13.0. The number of halogens is 6. The molecule has 2 nitrogen and oxygen atoms in total. The molecule has 0 aromatic heterocycles. The molecule has 1 fully saturated rings. The Morgan fingerprint density at radius 3 is 2.23 bits per heavy atom. The van der Waals surface area contributed by atoms with Crippen LogP contribution >= 0.6 is 0 Å². The Balaban J connectivity index is 2.52. The van der Waals surface area contributed by atoms with Crippen molar-refractivity contribution in [1.29, 1.82) is 0 Å². The van der Waals surface area contributed by atoms with Crippen LogP contribution < -0.4 is 0 Å². The Bertz CT molecular complexity index is 578. The zero-order valence-corrected chi connectivity index (χ0v) is 11.6. The van der Waals surface area contributed by atoms with Gasteiger partial charge in [0.1, 0.15) is 0 Å². The average Bonchev–Trinajstić information content (AvgIpc) is 2.81. The fraction of sp³-hybridized carbons (Fsp3) is 0.500. The summed E-state index contributed by atoms with van der Waals surface area (Å²) in [6.07, 6.45) is -8.47.